The molecule has 1 spiro atoms. The molecule has 4 heterocycles. The number of hydrogen-bond donors (Lipinski definition) is 2. The number of hydrogen-bond acceptors (Lipinski definition) is 10. The summed E-state index contributed by atoms with van der Waals surface area (Å²) in [7, 11) is 0. The van der Waals surface area contributed by atoms with Crippen molar-refractivity contribution in [3.63, 3.8) is 0 Å². The van der Waals surface area contributed by atoms with Crippen LogP contribution >= 0.6 is 0 Å². The summed E-state index contributed by atoms with van der Waals surface area (Å²) in [6, 6.07) is 15.2. The first-order chi connectivity index (χ1) is 20.4. The van der Waals surface area contributed by atoms with Crippen molar-refractivity contribution in [1.82, 2.24) is 19.9 Å². The van der Waals surface area contributed by atoms with E-state index in [1.54, 1.807) is 18.2 Å². The fourth-order valence-electron chi connectivity index (χ4n) is 5.66. The number of aliphatic hydroxyl groups is 1. The number of aromatic nitrogens is 3. The minimum atomic E-state index is -1.44. The summed E-state index contributed by atoms with van der Waals surface area (Å²) in [5.74, 6) is 0.458. The number of ether oxygens (including phenoxy) is 2. The number of aliphatic hydroxyl groups excluding tert-OH is 1. The van der Waals surface area contributed by atoms with Crippen molar-refractivity contribution in [3.8, 4) is 23.2 Å². The number of alkyl halides is 1. The molecule has 12 heteroatoms. The van der Waals surface area contributed by atoms with Gasteiger partial charge in [0.05, 0.1) is 25.3 Å². The Balaban J connectivity index is 1.09. The highest BCUT2D eigenvalue weighted by atomic mass is 19.1. The molecule has 1 amide bonds. The van der Waals surface area contributed by atoms with Crippen molar-refractivity contribution in [3.05, 3.63) is 54.4 Å². The minimum absolute atomic E-state index is 0.165. The number of anilines is 3. The second-order valence-corrected chi connectivity index (χ2v) is 11.1. The van der Waals surface area contributed by atoms with Gasteiger partial charge in [-0.1, -0.05) is 0 Å². The monoisotopic (exact) mass is 573 g/mol. The number of nitriles is 1. The van der Waals surface area contributed by atoms with Crippen LogP contribution in [0.1, 0.15) is 24.8 Å². The number of nitrogens with one attached hydrogen (secondary N) is 1. The molecule has 11 nitrogen and oxygen atoms in total. The normalized spacial score (nSPS) is 21.4. The summed E-state index contributed by atoms with van der Waals surface area (Å²) in [6.45, 7) is 3.28. The highest BCUT2D eigenvalue weighted by Gasteiger charge is 2.41. The predicted octanol–water partition coefficient (Wildman–Crippen LogP) is 3.08. The van der Waals surface area contributed by atoms with E-state index < -0.39 is 24.8 Å². The number of benzene rings is 2. The molecule has 0 radical (unpaired) electrons. The summed E-state index contributed by atoms with van der Waals surface area (Å²) in [5, 5.41) is 22.0. The molecule has 3 aliphatic heterocycles. The van der Waals surface area contributed by atoms with E-state index in [2.05, 4.69) is 43.4 Å². The van der Waals surface area contributed by atoms with Gasteiger partial charge in [-0.2, -0.15) is 10.2 Å². The van der Waals surface area contributed by atoms with Crippen molar-refractivity contribution in [1.29, 1.82) is 5.26 Å². The topological polar surface area (TPSA) is 137 Å². The Bertz CT molecular complexity index is 1470. The number of carbonyl (C=O) groups is 1. The SMILES string of the molecule is N#Cc1cc(-c2ncnc(Nc3ccc(N4CCC5(CC4)COC5)cc3)n2)ccc1O[C@H]1CCN(C(=O)CO)C[C@H]1F. The van der Waals surface area contributed by atoms with Crippen molar-refractivity contribution >= 4 is 23.2 Å². The summed E-state index contributed by atoms with van der Waals surface area (Å²) in [6.07, 6.45) is 1.71. The molecule has 1 aromatic heterocycles. The maximum Gasteiger partial charge on any atom is 0.248 e. The highest BCUT2D eigenvalue weighted by molar-refractivity contribution is 5.77. The fourth-order valence-corrected chi connectivity index (χ4v) is 5.66. The van der Waals surface area contributed by atoms with E-state index in [4.69, 9.17) is 14.6 Å². The maximum absolute atomic E-state index is 14.7. The van der Waals surface area contributed by atoms with E-state index >= 15 is 0 Å². The molecule has 3 aromatic rings. The van der Waals surface area contributed by atoms with Gasteiger partial charge in [0.25, 0.3) is 0 Å². The van der Waals surface area contributed by atoms with Crippen molar-refractivity contribution in [2.45, 2.75) is 31.5 Å². The molecule has 2 aromatic carbocycles. The lowest BCUT2D eigenvalue weighted by Crippen LogP contribution is -2.50. The maximum atomic E-state index is 14.7. The van der Waals surface area contributed by atoms with Crippen LogP contribution in [0.5, 0.6) is 5.75 Å². The van der Waals surface area contributed by atoms with E-state index in [-0.39, 0.29) is 30.8 Å². The lowest BCUT2D eigenvalue weighted by Gasteiger charge is -2.47. The number of likely N-dealkylation sites (tertiary alicyclic amines) is 1. The molecule has 3 aliphatic rings. The summed E-state index contributed by atoms with van der Waals surface area (Å²) < 4.78 is 26.0. The molecule has 3 fully saturated rings. The van der Waals surface area contributed by atoms with Gasteiger partial charge in [-0.25, -0.2) is 14.4 Å². The summed E-state index contributed by atoms with van der Waals surface area (Å²) >= 11 is 0. The van der Waals surface area contributed by atoms with Crippen molar-refractivity contribution in [2.75, 3.05) is 56.2 Å². The Morgan fingerprint density at radius 3 is 2.62 bits per heavy atom. The van der Waals surface area contributed by atoms with Gasteiger partial charge in [-0.3, -0.25) is 4.79 Å². The van der Waals surface area contributed by atoms with Crippen LogP contribution < -0.4 is 15.0 Å². The molecule has 2 N–H and O–H groups in total. The van der Waals surface area contributed by atoms with E-state index in [0.717, 1.165) is 44.8 Å². The molecule has 218 valence electrons. The second kappa shape index (κ2) is 11.9. The van der Waals surface area contributed by atoms with Crippen LogP contribution in [0.4, 0.5) is 21.7 Å². The fraction of sp³-hybridized carbons (Fsp3) is 0.433. The molecule has 0 bridgehead atoms. The van der Waals surface area contributed by atoms with Crippen LogP contribution in [0, 0.1) is 16.7 Å². The van der Waals surface area contributed by atoms with Gasteiger partial charge in [0.15, 0.2) is 12.0 Å². The Labute approximate surface area is 242 Å². The summed E-state index contributed by atoms with van der Waals surface area (Å²) in [4.78, 5) is 28.4. The Morgan fingerprint density at radius 2 is 1.95 bits per heavy atom. The first kappa shape index (κ1) is 27.8. The Kier molecular flexibility index (Phi) is 7.86. The smallest absolute Gasteiger partial charge is 0.248 e. The van der Waals surface area contributed by atoms with Gasteiger partial charge < -0.3 is 29.7 Å². The van der Waals surface area contributed by atoms with E-state index in [1.807, 2.05) is 12.1 Å². The number of carbonyl (C=O) groups excluding carboxylic acids is 1. The second-order valence-electron chi connectivity index (χ2n) is 11.1. The van der Waals surface area contributed by atoms with Crippen molar-refractivity contribution < 1.29 is 23.8 Å². The first-order valence-electron chi connectivity index (χ1n) is 14.1. The van der Waals surface area contributed by atoms with Gasteiger partial charge >= 0.3 is 0 Å². The zero-order valence-corrected chi connectivity index (χ0v) is 23.1. The standard InChI is InChI=1S/C30H32FN7O4/c31-24-15-38(27(40)16-39)10-7-26(24)42-25-6-1-20(13-21(25)14-32)28-33-19-34-29(36-28)35-22-2-4-23(5-3-22)37-11-8-30(9-12-37)17-41-18-30/h1-6,13,19,24,26,39H,7-12,15-18H2,(H,33,34,35,36)/t24-,26+/m1/s1. The van der Waals surface area contributed by atoms with Crippen molar-refractivity contribution in [2.24, 2.45) is 5.41 Å². The lowest BCUT2D eigenvalue weighted by molar-refractivity contribution is -0.138. The molecule has 0 saturated carbocycles. The highest BCUT2D eigenvalue weighted by Crippen LogP contribution is 2.39. The third-order valence-corrected chi connectivity index (χ3v) is 8.31. The number of halogens is 1. The molecule has 0 unspecified atom stereocenters. The van der Waals surface area contributed by atoms with E-state index in [1.165, 1.54) is 16.9 Å². The molecular weight excluding hydrogens is 541 g/mol. The number of amides is 1. The van der Waals surface area contributed by atoms with Gasteiger partial charge in [0, 0.05) is 48.4 Å². The van der Waals surface area contributed by atoms with Gasteiger partial charge in [0.1, 0.15) is 30.9 Å². The molecule has 3 saturated heterocycles. The molecular formula is C30H32FN7O4. The van der Waals surface area contributed by atoms with Crippen LogP contribution in [0.15, 0.2) is 48.8 Å². The van der Waals surface area contributed by atoms with Crippen LogP contribution in [0.2, 0.25) is 0 Å². The van der Waals surface area contributed by atoms with E-state index in [0.29, 0.717) is 22.8 Å². The molecule has 0 aliphatic carbocycles. The number of rotatable bonds is 7. The van der Waals surface area contributed by atoms with Gasteiger partial charge in [-0.05, 0) is 55.3 Å². The van der Waals surface area contributed by atoms with Crippen LogP contribution in [-0.2, 0) is 9.53 Å². The van der Waals surface area contributed by atoms with Gasteiger partial charge in [-0.15, -0.1) is 0 Å². The van der Waals surface area contributed by atoms with Crippen LogP contribution in [0.3, 0.4) is 0 Å². The Morgan fingerprint density at radius 1 is 1.17 bits per heavy atom. The van der Waals surface area contributed by atoms with E-state index in [9.17, 15) is 14.4 Å². The Hall–Kier alpha value is -4.34. The minimum Gasteiger partial charge on any atom is -0.486 e. The third-order valence-electron chi connectivity index (χ3n) is 8.31. The predicted molar refractivity (Wildman–Crippen MR) is 152 cm³/mol. The quantitative estimate of drug-likeness (QED) is 0.434. The largest absolute Gasteiger partial charge is 0.486 e. The molecule has 6 rings (SSSR count). The average Bonchev–Trinajstić information content (AvgIpc) is 3.01. The zero-order valence-electron chi connectivity index (χ0n) is 23.1. The van der Waals surface area contributed by atoms with Crippen LogP contribution in [0.25, 0.3) is 11.4 Å². The number of piperidine rings is 2. The van der Waals surface area contributed by atoms with Gasteiger partial charge in [0.2, 0.25) is 11.9 Å². The lowest BCUT2D eigenvalue weighted by atomic mass is 9.77. The number of nitrogens with zero attached hydrogens (tertiary/aromatic N) is 6. The van der Waals surface area contributed by atoms with Crippen LogP contribution in [-0.4, -0.2) is 89.1 Å². The molecule has 42 heavy (non-hydrogen) atoms. The first-order valence-corrected chi connectivity index (χ1v) is 14.1. The third kappa shape index (κ3) is 5.84. The zero-order chi connectivity index (χ0) is 29.1. The average molecular weight is 574 g/mol. The summed E-state index contributed by atoms with van der Waals surface area (Å²) in [5.41, 5.74) is 3.22. The molecule has 2 atom stereocenters.